The van der Waals surface area contributed by atoms with Crippen LogP contribution in [0.4, 0.5) is 11.5 Å². The van der Waals surface area contributed by atoms with E-state index in [9.17, 15) is 0 Å². The van der Waals surface area contributed by atoms with Crippen LogP contribution < -0.4 is 15.8 Å². The summed E-state index contributed by atoms with van der Waals surface area (Å²) >= 11 is 0. The van der Waals surface area contributed by atoms with Crippen LogP contribution >= 0.6 is 0 Å². The number of ether oxygens (including phenoxy) is 1. The van der Waals surface area contributed by atoms with Gasteiger partial charge >= 0.3 is 0 Å². The Morgan fingerprint density at radius 2 is 2.00 bits per heavy atom. The molecule has 0 unspecified atom stereocenters. The van der Waals surface area contributed by atoms with Crippen molar-refractivity contribution in [1.29, 1.82) is 0 Å². The summed E-state index contributed by atoms with van der Waals surface area (Å²) in [4.78, 5) is 4.24. The molecule has 2 rings (SSSR count). The first-order valence-electron chi connectivity index (χ1n) is 6.36. The molecule has 0 aliphatic rings. The Hall–Kier alpha value is -2.23. The van der Waals surface area contributed by atoms with E-state index in [1.54, 1.807) is 6.20 Å². The van der Waals surface area contributed by atoms with Gasteiger partial charge in [-0.2, -0.15) is 0 Å². The van der Waals surface area contributed by atoms with Crippen LogP contribution in [0.2, 0.25) is 0 Å². The number of hydrogen-bond donors (Lipinski definition) is 2. The summed E-state index contributed by atoms with van der Waals surface area (Å²) < 4.78 is 5.41. The minimum atomic E-state index is 0.687. The van der Waals surface area contributed by atoms with Gasteiger partial charge in [-0.25, -0.2) is 4.98 Å². The fraction of sp³-hybridized carbons (Fsp3) is 0.267. The number of hydrogen-bond acceptors (Lipinski definition) is 4. The fourth-order valence-corrected chi connectivity index (χ4v) is 1.73. The first kappa shape index (κ1) is 13.2. The summed E-state index contributed by atoms with van der Waals surface area (Å²) in [6.45, 7) is 5.36. The smallest absolute Gasteiger partial charge is 0.126 e. The van der Waals surface area contributed by atoms with Gasteiger partial charge in [0.1, 0.15) is 11.6 Å². The molecule has 0 saturated heterocycles. The van der Waals surface area contributed by atoms with E-state index < -0.39 is 0 Å². The molecule has 2 aromatic rings. The molecule has 0 fully saturated rings. The number of aromatic nitrogens is 1. The van der Waals surface area contributed by atoms with Crippen LogP contribution in [0.25, 0.3) is 0 Å². The van der Waals surface area contributed by atoms with E-state index in [0.717, 1.165) is 23.7 Å². The molecule has 0 saturated carbocycles. The van der Waals surface area contributed by atoms with Crippen molar-refractivity contribution in [3.63, 3.8) is 0 Å². The van der Waals surface area contributed by atoms with E-state index in [2.05, 4.69) is 10.3 Å². The third-order valence-electron chi connectivity index (χ3n) is 2.86. The topological polar surface area (TPSA) is 60.2 Å². The largest absolute Gasteiger partial charge is 0.494 e. The van der Waals surface area contributed by atoms with E-state index in [-0.39, 0.29) is 0 Å². The standard InChI is InChI=1S/C15H19N3O/c1-3-19-13-6-4-12(5-7-13)9-17-15-8-11(2)14(16)10-18-15/h4-8,10H,3,9,16H2,1-2H3,(H,17,18). The lowest BCUT2D eigenvalue weighted by molar-refractivity contribution is 0.340. The molecule has 0 bridgehead atoms. The van der Waals surface area contributed by atoms with Crippen LogP contribution in [0.1, 0.15) is 18.1 Å². The fourth-order valence-electron chi connectivity index (χ4n) is 1.73. The molecule has 0 spiro atoms. The molecule has 100 valence electrons. The van der Waals surface area contributed by atoms with E-state index in [4.69, 9.17) is 10.5 Å². The van der Waals surface area contributed by atoms with Gasteiger partial charge in [0.05, 0.1) is 18.5 Å². The van der Waals surface area contributed by atoms with Crippen molar-refractivity contribution < 1.29 is 4.74 Å². The first-order valence-corrected chi connectivity index (χ1v) is 6.36. The second kappa shape index (κ2) is 6.09. The van der Waals surface area contributed by atoms with Gasteiger partial charge in [-0.05, 0) is 43.2 Å². The van der Waals surface area contributed by atoms with Crippen LogP contribution in [0.5, 0.6) is 5.75 Å². The van der Waals surface area contributed by atoms with Gasteiger partial charge in [-0.3, -0.25) is 0 Å². The quantitative estimate of drug-likeness (QED) is 0.864. The van der Waals surface area contributed by atoms with Crippen molar-refractivity contribution >= 4 is 11.5 Å². The zero-order chi connectivity index (χ0) is 13.7. The van der Waals surface area contributed by atoms with Gasteiger partial charge in [0.15, 0.2) is 0 Å². The predicted molar refractivity (Wildman–Crippen MR) is 78.3 cm³/mol. The number of pyridine rings is 1. The van der Waals surface area contributed by atoms with Gasteiger partial charge in [0.2, 0.25) is 0 Å². The Morgan fingerprint density at radius 1 is 1.26 bits per heavy atom. The monoisotopic (exact) mass is 257 g/mol. The summed E-state index contributed by atoms with van der Waals surface area (Å²) in [5, 5.41) is 3.27. The molecule has 0 aliphatic heterocycles. The molecule has 0 aliphatic carbocycles. The molecule has 0 amide bonds. The molecule has 4 heteroatoms. The zero-order valence-electron chi connectivity index (χ0n) is 11.3. The molecule has 1 aromatic carbocycles. The predicted octanol–water partition coefficient (Wildman–Crippen LogP) is 2.98. The lowest BCUT2D eigenvalue weighted by Gasteiger charge is -2.08. The Balaban J connectivity index is 1.96. The maximum atomic E-state index is 5.74. The van der Waals surface area contributed by atoms with E-state index in [1.807, 2.05) is 44.2 Å². The lowest BCUT2D eigenvalue weighted by atomic mass is 10.2. The van der Waals surface area contributed by atoms with Crippen LogP contribution in [0, 0.1) is 6.92 Å². The van der Waals surface area contributed by atoms with E-state index >= 15 is 0 Å². The maximum Gasteiger partial charge on any atom is 0.126 e. The molecule has 19 heavy (non-hydrogen) atoms. The highest BCUT2D eigenvalue weighted by atomic mass is 16.5. The van der Waals surface area contributed by atoms with Gasteiger partial charge in [-0.15, -0.1) is 0 Å². The summed E-state index contributed by atoms with van der Waals surface area (Å²) in [5.74, 6) is 1.73. The number of benzene rings is 1. The van der Waals surface area contributed by atoms with Crippen LogP contribution in [0.15, 0.2) is 36.5 Å². The Kier molecular flexibility index (Phi) is 4.23. The van der Waals surface area contributed by atoms with Crippen molar-refractivity contribution in [3.8, 4) is 5.75 Å². The summed E-state index contributed by atoms with van der Waals surface area (Å²) in [7, 11) is 0. The number of nitrogen functional groups attached to an aromatic ring is 1. The molecule has 1 heterocycles. The Labute approximate surface area is 113 Å². The molecule has 4 nitrogen and oxygen atoms in total. The van der Waals surface area contributed by atoms with Gasteiger partial charge in [-0.1, -0.05) is 12.1 Å². The maximum absolute atomic E-state index is 5.74. The van der Waals surface area contributed by atoms with Crippen LogP contribution in [-0.4, -0.2) is 11.6 Å². The lowest BCUT2D eigenvalue weighted by Crippen LogP contribution is -2.02. The normalized spacial score (nSPS) is 10.2. The number of nitrogens with one attached hydrogen (secondary N) is 1. The van der Waals surface area contributed by atoms with Gasteiger partial charge < -0.3 is 15.8 Å². The zero-order valence-corrected chi connectivity index (χ0v) is 11.3. The SMILES string of the molecule is CCOc1ccc(CNc2cc(C)c(N)cn2)cc1. The van der Waals surface area contributed by atoms with Crippen LogP contribution in [0.3, 0.4) is 0 Å². The van der Waals surface area contributed by atoms with Gasteiger partial charge in [0, 0.05) is 6.54 Å². The number of nitrogens with two attached hydrogens (primary N) is 1. The third kappa shape index (κ3) is 3.61. The van der Waals surface area contributed by atoms with E-state index in [0.29, 0.717) is 12.3 Å². The van der Waals surface area contributed by atoms with E-state index in [1.165, 1.54) is 5.56 Å². The molecular weight excluding hydrogens is 238 g/mol. The van der Waals surface area contributed by atoms with Crippen molar-refractivity contribution in [2.24, 2.45) is 0 Å². The first-order chi connectivity index (χ1) is 9.19. The molecule has 1 aromatic heterocycles. The average Bonchev–Trinajstić information content (AvgIpc) is 2.42. The second-order valence-electron chi connectivity index (χ2n) is 4.36. The van der Waals surface area contributed by atoms with Crippen molar-refractivity contribution in [3.05, 3.63) is 47.7 Å². The third-order valence-corrected chi connectivity index (χ3v) is 2.86. The van der Waals surface area contributed by atoms with Crippen LogP contribution in [-0.2, 0) is 6.54 Å². The molecule has 3 N–H and O–H groups in total. The minimum absolute atomic E-state index is 0.687. The average molecular weight is 257 g/mol. The summed E-state index contributed by atoms with van der Waals surface area (Å²) in [6.07, 6.45) is 1.68. The minimum Gasteiger partial charge on any atom is -0.494 e. The number of aryl methyl sites for hydroxylation is 1. The highest BCUT2D eigenvalue weighted by Gasteiger charge is 1.99. The highest BCUT2D eigenvalue weighted by Crippen LogP contribution is 2.15. The summed E-state index contributed by atoms with van der Waals surface area (Å²) in [6, 6.07) is 9.98. The van der Waals surface area contributed by atoms with Gasteiger partial charge in [0.25, 0.3) is 0 Å². The summed E-state index contributed by atoms with van der Waals surface area (Å²) in [5.41, 5.74) is 8.66. The molecule has 0 radical (unpaired) electrons. The highest BCUT2D eigenvalue weighted by molar-refractivity contribution is 5.51. The van der Waals surface area contributed by atoms with Crippen molar-refractivity contribution in [2.45, 2.75) is 20.4 Å². The Bertz CT molecular complexity index is 538. The molecule has 0 atom stereocenters. The van der Waals surface area contributed by atoms with Crippen molar-refractivity contribution in [1.82, 2.24) is 4.98 Å². The number of nitrogens with zero attached hydrogens (tertiary/aromatic N) is 1. The number of anilines is 2. The Morgan fingerprint density at radius 3 is 2.63 bits per heavy atom. The molecular formula is C15H19N3O. The van der Waals surface area contributed by atoms with Crippen molar-refractivity contribution in [2.75, 3.05) is 17.7 Å². The number of rotatable bonds is 5. The second-order valence-corrected chi connectivity index (χ2v) is 4.36.